The van der Waals surface area contributed by atoms with Gasteiger partial charge in [0.15, 0.2) is 0 Å². The number of halogens is 1. The highest BCUT2D eigenvalue weighted by Crippen LogP contribution is 2.24. The zero-order valence-electron chi connectivity index (χ0n) is 17.7. The molecule has 1 saturated heterocycles. The van der Waals surface area contributed by atoms with Crippen LogP contribution in [0.5, 0.6) is 0 Å². The highest BCUT2D eigenvalue weighted by Gasteiger charge is 2.32. The summed E-state index contributed by atoms with van der Waals surface area (Å²) < 4.78 is 7.41. The molecule has 1 aliphatic heterocycles. The summed E-state index contributed by atoms with van der Waals surface area (Å²) in [6.45, 7) is 9.05. The van der Waals surface area contributed by atoms with Gasteiger partial charge in [0.1, 0.15) is 18.3 Å². The van der Waals surface area contributed by atoms with E-state index in [1.165, 1.54) is 17.7 Å². The Morgan fingerprint density at radius 1 is 1.23 bits per heavy atom. The van der Waals surface area contributed by atoms with Crippen molar-refractivity contribution >= 4 is 17.3 Å². The van der Waals surface area contributed by atoms with Crippen LogP contribution in [-0.4, -0.2) is 46.4 Å². The van der Waals surface area contributed by atoms with E-state index in [-0.39, 0.29) is 6.04 Å². The largest absolute Gasteiger partial charge is 0.467 e. The van der Waals surface area contributed by atoms with Crippen molar-refractivity contribution in [3.63, 3.8) is 0 Å². The molecule has 7 nitrogen and oxygen atoms in total. The average Bonchev–Trinajstić information content (AvgIpc) is 3.44. The first kappa shape index (κ1) is 20.9. The molecule has 0 unspecified atom stereocenters. The van der Waals surface area contributed by atoms with E-state index in [0.29, 0.717) is 6.54 Å². The third kappa shape index (κ3) is 4.68. The van der Waals surface area contributed by atoms with E-state index < -0.39 is 0 Å². The van der Waals surface area contributed by atoms with Gasteiger partial charge >= 0.3 is 0 Å². The zero-order chi connectivity index (χ0) is 20.9. The minimum absolute atomic E-state index is 0.289. The van der Waals surface area contributed by atoms with Crippen LogP contribution in [0.2, 0.25) is 5.02 Å². The first-order chi connectivity index (χ1) is 14.7. The molecule has 4 rings (SSSR count). The third-order valence-electron chi connectivity index (χ3n) is 6.01. The molecular formula is C22H30ClN6O+. The topological polar surface area (TPSA) is 64.4 Å². The lowest BCUT2D eigenvalue weighted by Crippen LogP contribution is -3.15. The number of unbranched alkanes of at least 4 members (excludes halogenated alkanes) is 1. The summed E-state index contributed by atoms with van der Waals surface area (Å²) in [4.78, 5) is 4.00. The van der Waals surface area contributed by atoms with Crippen LogP contribution in [0.25, 0.3) is 0 Å². The van der Waals surface area contributed by atoms with Crippen LogP contribution < -0.4 is 9.80 Å². The lowest BCUT2D eigenvalue weighted by atomic mass is 10.1. The predicted molar refractivity (Wildman–Crippen MR) is 117 cm³/mol. The Morgan fingerprint density at radius 3 is 2.80 bits per heavy atom. The van der Waals surface area contributed by atoms with Crippen LogP contribution in [0, 0.1) is 6.92 Å². The molecular weight excluding hydrogens is 400 g/mol. The number of aromatic nitrogens is 4. The summed E-state index contributed by atoms with van der Waals surface area (Å²) in [5, 5.41) is 13.5. The van der Waals surface area contributed by atoms with Crippen molar-refractivity contribution in [2.45, 2.75) is 45.7 Å². The minimum atomic E-state index is 0.289. The molecule has 3 heterocycles. The maximum Gasteiger partial charge on any atom is 0.209 e. The fourth-order valence-corrected chi connectivity index (χ4v) is 4.52. The van der Waals surface area contributed by atoms with Gasteiger partial charge in [0.05, 0.1) is 32.4 Å². The number of benzene rings is 1. The van der Waals surface area contributed by atoms with Gasteiger partial charge in [0, 0.05) is 17.1 Å². The summed E-state index contributed by atoms with van der Waals surface area (Å²) in [6, 6.07) is 10.3. The van der Waals surface area contributed by atoms with E-state index in [2.05, 4.69) is 46.4 Å². The zero-order valence-corrected chi connectivity index (χ0v) is 18.5. The van der Waals surface area contributed by atoms with Gasteiger partial charge < -0.3 is 14.2 Å². The van der Waals surface area contributed by atoms with E-state index in [1.807, 2.05) is 22.9 Å². The molecule has 0 saturated carbocycles. The summed E-state index contributed by atoms with van der Waals surface area (Å²) in [5.41, 5.74) is 2.52. The summed E-state index contributed by atoms with van der Waals surface area (Å²) in [5.74, 6) is 1.83. The molecule has 1 aromatic carbocycles. The number of nitrogens with zero attached hydrogens (tertiary/aromatic N) is 5. The number of quaternary nitrogens is 1. The number of tetrazole rings is 1. The maximum absolute atomic E-state index is 6.25. The van der Waals surface area contributed by atoms with Gasteiger partial charge in [0.2, 0.25) is 5.82 Å². The van der Waals surface area contributed by atoms with Crippen LogP contribution in [0.15, 0.2) is 41.0 Å². The van der Waals surface area contributed by atoms with Crippen molar-refractivity contribution in [1.29, 1.82) is 0 Å². The summed E-state index contributed by atoms with van der Waals surface area (Å²) in [6.07, 6.45) is 5.10. The van der Waals surface area contributed by atoms with Gasteiger partial charge in [-0.15, -0.1) is 5.10 Å². The molecule has 0 spiro atoms. The highest BCUT2D eigenvalue weighted by atomic mass is 35.5. The lowest BCUT2D eigenvalue weighted by molar-refractivity contribution is -0.933. The number of rotatable bonds is 8. The Labute approximate surface area is 182 Å². The Bertz CT molecular complexity index is 933. The number of furan rings is 1. The number of piperazine rings is 1. The Morgan fingerprint density at radius 2 is 2.07 bits per heavy atom. The van der Waals surface area contributed by atoms with E-state index >= 15 is 0 Å². The molecule has 8 heteroatoms. The number of hydrogen-bond donors (Lipinski definition) is 1. The fourth-order valence-electron chi connectivity index (χ4n) is 4.35. The number of nitrogens with one attached hydrogen (secondary N) is 1. The molecule has 0 bridgehead atoms. The average molecular weight is 430 g/mol. The molecule has 1 aliphatic rings. The second-order valence-electron chi connectivity index (χ2n) is 8.05. The smallest absolute Gasteiger partial charge is 0.209 e. The standard InChI is InChI=1S/C22H29ClN6O/c1-3-4-7-20(22-24-25-26-29(22)16-19-6-5-14-30-19)27-10-12-28(13-11-27)21-15-18(23)9-8-17(21)2/h5-6,8-9,14-15,20H,3-4,7,10-13,16H2,1-2H3/p+1/t20-/m1/s1. The van der Waals surface area contributed by atoms with Crippen molar-refractivity contribution in [2.75, 3.05) is 31.1 Å². The Balaban J connectivity index is 1.49. The number of anilines is 1. The third-order valence-corrected chi connectivity index (χ3v) is 6.25. The summed E-state index contributed by atoms with van der Waals surface area (Å²) >= 11 is 6.25. The lowest BCUT2D eigenvalue weighted by Gasteiger charge is -2.37. The Hall–Kier alpha value is -2.38. The molecule has 30 heavy (non-hydrogen) atoms. The molecule has 0 amide bonds. The van der Waals surface area contributed by atoms with Crippen LogP contribution >= 0.6 is 11.6 Å². The molecule has 3 aromatic rings. The van der Waals surface area contributed by atoms with E-state index in [1.54, 1.807) is 11.2 Å². The predicted octanol–water partition coefficient (Wildman–Crippen LogP) is 2.91. The normalized spacial score (nSPS) is 16.2. The fraction of sp³-hybridized carbons (Fsp3) is 0.500. The maximum atomic E-state index is 6.25. The molecule has 160 valence electrons. The SMILES string of the molecule is CCCC[C@H](c1nnnn1Cc1ccco1)[NH+]1CCN(c2cc(Cl)ccc2C)CC1. The van der Waals surface area contributed by atoms with Crippen molar-refractivity contribution in [3.8, 4) is 0 Å². The van der Waals surface area contributed by atoms with Crippen molar-refractivity contribution in [3.05, 3.63) is 58.8 Å². The van der Waals surface area contributed by atoms with Gasteiger partial charge in [0.25, 0.3) is 0 Å². The molecule has 0 radical (unpaired) electrons. The van der Waals surface area contributed by atoms with E-state index in [0.717, 1.165) is 55.6 Å². The van der Waals surface area contributed by atoms with Crippen LogP contribution in [0.1, 0.15) is 49.4 Å². The summed E-state index contributed by atoms with van der Waals surface area (Å²) in [7, 11) is 0. The van der Waals surface area contributed by atoms with Gasteiger partial charge in [-0.3, -0.25) is 0 Å². The van der Waals surface area contributed by atoms with Gasteiger partial charge in [-0.25, -0.2) is 4.68 Å². The van der Waals surface area contributed by atoms with E-state index in [9.17, 15) is 0 Å². The van der Waals surface area contributed by atoms with Gasteiger partial charge in [-0.1, -0.05) is 31.0 Å². The van der Waals surface area contributed by atoms with Crippen LogP contribution in [0.3, 0.4) is 0 Å². The van der Waals surface area contributed by atoms with Crippen molar-refractivity contribution in [1.82, 2.24) is 20.2 Å². The van der Waals surface area contributed by atoms with E-state index in [4.69, 9.17) is 16.0 Å². The highest BCUT2D eigenvalue weighted by molar-refractivity contribution is 6.30. The first-order valence-corrected chi connectivity index (χ1v) is 11.2. The van der Waals surface area contributed by atoms with Gasteiger partial charge in [-0.05, 0) is 53.6 Å². The minimum Gasteiger partial charge on any atom is -0.467 e. The molecule has 0 aliphatic carbocycles. The second kappa shape index (κ2) is 9.62. The molecule has 1 fully saturated rings. The van der Waals surface area contributed by atoms with Crippen LogP contribution in [0.4, 0.5) is 5.69 Å². The number of aryl methyl sites for hydroxylation is 1. The Kier molecular flexibility index (Phi) is 6.69. The molecule has 1 atom stereocenters. The number of hydrogen-bond acceptors (Lipinski definition) is 5. The van der Waals surface area contributed by atoms with Gasteiger partial charge in [-0.2, -0.15) is 0 Å². The second-order valence-corrected chi connectivity index (χ2v) is 8.48. The molecule has 1 N–H and O–H groups in total. The van der Waals surface area contributed by atoms with Crippen molar-refractivity contribution < 1.29 is 9.32 Å². The monoisotopic (exact) mass is 429 g/mol. The van der Waals surface area contributed by atoms with Crippen LogP contribution in [-0.2, 0) is 6.54 Å². The van der Waals surface area contributed by atoms with Crippen molar-refractivity contribution in [2.24, 2.45) is 0 Å². The first-order valence-electron chi connectivity index (χ1n) is 10.8. The quantitative estimate of drug-likeness (QED) is 0.596. The molecule has 2 aromatic heterocycles.